The molecule has 120 valence electrons. The van der Waals surface area contributed by atoms with Crippen molar-refractivity contribution in [1.82, 2.24) is 9.80 Å². The van der Waals surface area contributed by atoms with Gasteiger partial charge in [-0.05, 0) is 18.2 Å². The summed E-state index contributed by atoms with van der Waals surface area (Å²) in [5.74, 6) is 0.517. The largest absolute Gasteiger partial charge is 0.495 e. The quantitative estimate of drug-likeness (QED) is 0.910. The van der Waals surface area contributed by atoms with Crippen molar-refractivity contribution in [3.05, 3.63) is 23.2 Å². The molecule has 1 aromatic carbocycles. The molecule has 1 aromatic rings. The number of carbonyl (C=O) groups is 2. The predicted octanol–water partition coefficient (Wildman–Crippen LogP) is 1.45. The lowest BCUT2D eigenvalue weighted by Crippen LogP contribution is -2.49. The summed E-state index contributed by atoms with van der Waals surface area (Å²) in [5, 5.41) is 3.35. The molecule has 1 N–H and O–H groups in total. The minimum atomic E-state index is -0.128. The Morgan fingerprint density at radius 2 is 1.95 bits per heavy atom. The summed E-state index contributed by atoms with van der Waals surface area (Å²) in [6, 6.07) is 5.08. The minimum Gasteiger partial charge on any atom is -0.495 e. The molecule has 1 aliphatic heterocycles. The summed E-state index contributed by atoms with van der Waals surface area (Å²) in [4.78, 5) is 27.2. The van der Waals surface area contributed by atoms with Crippen molar-refractivity contribution in [2.75, 3.05) is 45.2 Å². The number of amides is 2. The Morgan fingerprint density at radius 1 is 1.27 bits per heavy atom. The fourth-order valence-corrected chi connectivity index (χ4v) is 2.56. The van der Waals surface area contributed by atoms with Crippen LogP contribution in [0.3, 0.4) is 0 Å². The molecule has 2 rings (SSSR count). The van der Waals surface area contributed by atoms with Crippen molar-refractivity contribution in [3.63, 3.8) is 0 Å². The third-order valence-corrected chi connectivity index (χ3v) is 3.86. The fourth-order valence-electron chi connectivity index (χ4n) is 2.39. The third kappa shape index (κ3) is 4.35. The maximum absolute atomic E-state index is 12.1. The van der Waals surface area contributed by atoms with E-state index in [0.717, 1.165) is 0 Å². The van der Waals surface area contributed by atoms with Gasteiger partial charge in [0.05, 0.1) is 19.3 Å². The molecule has 7 heteroatoms. The van der Waals surface area contributed by atoms with Crippen LogP contribution in [-0.4, -0.2) is 61.4 Å². The van der Waals surface area contributed by atoms with Crippen LogP contribution in [-0.2, 0) is 9.59 Å². The maximum Gasteiger partial charge on any atom is 0.238 e. The SMILES string of the molecule is COc1ccc(Cl)cc1NC(=O)CN1CCN(C(C)=O)CC1. The van der Waals surface area contributed by atoms with Crippen molar-refractivity contribution in [3.8, 4) is 5.75 Å². The standard InChI is InChI=1S/C15H20ClN3O3/c1-11(20)19-7-5-18(6-8-19)10-15(21)17-13-9-12(16)3-4-14(13)22-2/h3-4,9H,5-8,10H2,1-2H3,(H,17,21). The van der Waals surface area contributed by atoms with Crippen LogP contribution in [0.15, 0.2) is 18.2 Å². The van der Waals surface area contributed by atoms with Crippen LogP contribution in [0.1, 0.15) is 6.92 Å². The molecule has 22 heavy (non-hydrogen) atoms. The molecule has 0 bridgehead atoms. The molecule has 0 radical (unpaired) electrons. The summed E-state index contributed by atoms with van der Waals surface area (Å²) in [6.45, 7) is 4.54. The van der Waals surface area contributed by atoms with Crippen LogP contribution in [0.5, 0.6) is 5.75 Å². The van der Waals surface area contributed by atoms with E-state index < -0.39 is 0 Å². The van der Waals surface area contributed by atoms with Crippen LogP contribution in [0.2, 0.25) is 5.02 Å². The predicted molar refractivity (Wildman–Crippen MR) is 85.3 cm³/mol. The van der Waals surface area contributed by atoms with Crippen molar-refractivity contribution in [2.45, 2.75) is 6.92 Å². The number of anilines is 1. The van der Waals surface area contributed by atoms with Gasteiger partial charge in [-0.15, -0.1) is 0 Å². The second-order valence-electron chi connectivity index (χ2n) is 5.17. The first-order valence-electron chi connectivity index (χ1n) is 7.11. The Hall–Kier alpha value is -1.79. The van der Waals surface area contributed by atoms with Crippen molar-refractivity contribution < 1.29 is 14.3 Å². The van der Waals surface area contributed by atoms with E-state index in [4.69, 9.17) is 16.3 Å². The van der Waals surface area contributed by atoms with Gasteiger partial charge in [0.25, 0.3) is 0 Å². The number of carbonyl (C=O) groups excluding carboxylic acids is 2. The first kappa shape index (κ1) is 16.6. The van der Waals surface area contributed by atoms with Crippen LogP contribution < -0.4 is 10.1 Å². The first-order chi connectivity index (χ1) is 10.5. The molecule has 1 saturated heterocycles. The lowest BCUT2D eigenvalue weighted by Gasteiger charge is -2.33. The highest BCUT2D eigenvalue weighted by Crippen LogP contribution is 2.27. The molecule has 0 aliphatic carbocycles. The van der Waals surface area contributed by atoms with Gasteiger partial charge >= 0.3 is 0 Å². The van der Waals surface area contributed by atoms with E-state index in [2.05, 4.69) is 5.32 Å². The van der Waals surface area contributed by atoms with E-state index in [1.165, 1.54) is 0 Å². The van der Waals surface area contributed by atoms with E-state index in [1.807, 2.05) is 4.90 Å². The average Bonchev–Trinajstić information content (AvgIpc) is 2.48. The molecule has 6 nitrogen and oxygen atoms in total. The zero-order chi connectivity index (χ0) is 16.1. The second kappa shape index (κ2) is 7.47. The van der Waals surface area contributed by atoms with Crippen LogP contribution in [0, 0.1) is 0 Å². The van der Waals surface area contributed by atoms with Gasteiger partial charge in [0.15, 0.2) is 0 Å². The number of nitrogens with zero attached hydrogens (tertiary/aromatic N) is 2. The molecule has 1 heterocycles. The first-order valence-corrected chi connectivity index (χ1v) is 7.48. The topological polar surface area (TPSA) is 61.9 Å². The molecule has 0 atom stereocenters. The number of nitrogens with one attached hydrogen (secondary N) is 1. The highest BCUT2D eigenvalue weighted by Gasteiger charge is 2.20. The zero-order valence-corrected chi connectivity index (χ0v) is 13.5. The monoisotopic (exact) mass is 325 g/mol. The average molecular weight is 326 g/mol. The number of hydrogen-bond donors (Lipinski definition) is 1. The van der Waals surface area contributed by atoms with Crippen molar-refractivity contribution in [1.29, 1.82) is 0 Å². The number of benzene rings is 1. The maximum atomic E-state index is 12.1. The summed E-state index contributed by atoms with van der Waals surface area (Å²) in [6.07, 6.45) is 0. The summed E-state index contributed by atoms with van der Waals surface area (Å²) < 4.78 is 5.20. The summed E-state index contributed by atoms with van der Waals surface area (Å²) in [7, 11) is 1.54. The van der Waals surface area contributed by atoms with E-state index in [0.29, 0.717) is 42.6 Å². The Morgan fingerprint density at radius 3 is 2.55 bits per heavy atom. The normalized spacial score (nSPS) is 15.5. The molecular weight excluding hydrogens is 306 g/mol. The number of rotatable bonds is 4. The van der Waals surface area contributed by atoms with E-state index in [9.17, 15) is 9.59 Å². The third-order valence-electron chi connectivity index (χ3n) is 3.62. The molecule has 2 amide bonds. The van der Waals surface area contributed by atoms with Gasteiger partial charge in [-0.1, -0.05) is 11.6 Å². The smallest absolute Gasteiger partial charge is 0.238 e. The Labute approximate surface area is 135 Å². The molecule has 0 aromatic heterocycles. The van der Waals surface area contributed by atoms with Crippen LogP contribution in [0.4, 0.5) is 5.69 Å². The molecule has 0 unspecified atom stereocenters. The number of hydrogen-bond acceptors (Lipinski definition) is 4. The number of halogens is 1. The van der Waals surface area contributed by atoms with Crippen LogP contribution in [0.25, 0.3) is 0 Å². The molecular formula is C15H20ClN3O3. The van der Waals surface area contributed by atoms with Crippen LogP contribution >= 0.6 is 11.6 Å². The number of ether oxygens (including phenoxy) is 1. The summed E-state index contributed by atoms with van der Waals surface area (Å²) in [5.41, 5.74) is 0.558. The van der Waals surface area contributed by atoms with Gasteiger partial charge in [0.2, 0.25) is 11.8 Å². The number of piperazine rings is 1. The zero-order valence-electron chi connectivity index (χ0n) is 12.8. The molecule has 0 spiro atoms. The fraction of sp³-hybridized carbons (Fsp3) is 0.467. The van der Waals surface area contributed by atoms with Gasteiger partial charge in [-0.3, -0.25) is 14.5 Å². The highest BCUT2D eigenvalue weighted by molar-refractivity contribution is 6.31. The summed E-state index contributed by atoms with van der Waals surface area (Å²) >= 11 is 5.94. The molecule has 0 saturated carbocycles. The van der Waals surface area contributed by atoms with Gasteiger partial charge in [0.1, 0.15) is 5.75 Å². The lowest BCUT2D eigenvalue weighted by atomic mass is 10.2. The van der Waals surface area contributed by atoms with E-state index >= 15 is 0 Å². The van der Waals surface area contributed by atoms with Gasteiger partial charge in [0, 0.05) is 38.1 Å². The Kier molecular flexibility index (Phi) is 5.63. The van der Waals surface area contributed by atoms with Crippen molar-refractivity contribution in [2.24, 2.45) is 0 Å². The minimum absolute atomic E-state index is 0.0766. The lowest BCUT2D eigenvalue weighted by molar-refractivity contribution is -0.130. The highest BCUT2D eigenvalue weighted by atomic mass is 35.5. The molecule has 1 aliphatic rings. The van der Waals surface area contributed by atoms with Gasteiger partial charge in [-0.2, -0.15) is 0 Å². The second-order valence-corrected chi connectivity index (χ2v) is 5.61. The van der Waals surface area contributed by atoms with E-state index in [1.54, 1.807) is 37.1 Å². The Balaban J connectivity index is 1.89. The van der Waals surface area contributed by atoms with Gasteiger partial charge < -0.3 is 15.0 Å². The van der Waals surface area contributed by atoms with E-state index in [-0.39, 0.29) is 18.4 Å². The molecule has 1 fully saturated rings. The van der Waals surface area contributed by atoms with Gasteiger partial charge in [-0.25, -0.2) is 0 Å². The number of methoxy groups -OCH3 is 1. The Bertz CT molecular complexity index is 557. The van der Waals surface area contributed by atoms with Crippen molar-refractivity contribution >= 4 is 29.1 Å².